The number of amides is 1. The summed E-state index contributed by atoms with van der Waals surface area (Å²) in [5.41, 5.74) is 3.90. The molecule has 0 atom stereocenters. The first-order valence-corrected chi connectivity index (χ1v) is 6.32. The highest BCUT2D eigenvalue weighted by atomic mass is 16.1. The average molecular weight is 263 g/mol. The molecular weight excluding hydrogens is 250 g/mol. The van der Waals surface area contributed by atoms with Gasteiger partial charge < -0.3 is 5.32 Å². The number of nitrogens with one attached hydrogen (secondary N) is 1. The van der Waals surface area contributed by atoms with Gasteiger partial charge in [-0.1, -0.05) is 18.2 Å². The van der Waals surface area contributed by atoms with Crippen molar-refractivity contribution in [3.63, 3.8) is 0 Å². The van der Waals surface area contributed by atoms with Gasteiger partial charge in [0.25, 0.3) is 5.91 Å². The molecule has 4 nitrogen and oxygen atoms in total. The van der Waals surface area contributed by atoms with Crippen LogP contribution in [-0.2, 0) is 0 Å². The van der Waals surface area contributed by atoms with E-state index >= 15 is 0 Å². The first-order valence-electron chi connectivity index (χ1n) is 6.32. The van der Waals surface area contributed by atoms with Gasteiger partial charge in [-0.3, -0.25) is 14.8 Å². The van der Waals surface area contributed by atoms with E-state index in [1.807, 2.05) is 49.4 Å². The van der Waals surface area contributed by atoms with Crippen LogP contribution < -0.4 is 5.32 Å². The molecule has 0 aliphatic rings. The minimum atomic E-state index is -0.119. The topological polar surface area (TPSA) is 54.9 Å². The Kier molecular flexibility index (Phi) is 3.13. The molecule has 0 aliphatic carbocycles. The van der Waals surface area contributed by atoms with Gasteiger partial charge in [-0.15, -0.1) is 0 Å². The molecular formula is C16H13N3O. The molecule has 2 aromatic carbocycles. The molecule has 0 unspecified atom stereocenters. The lowest BCUT2D eigenvalue weighted by Gasteiger charge is -2.08. The van der Waals surface area contributed by atoms with Crippen LogP contribution in [-0.4, -0.2) is 15.9 Å². The Morgan fingerprint density at radius 2 is 1.75 bits per heavy atom. The number of rotatable bonds is 2. The van der Waals surface area contributed by atoms with E-state index in [-0.39, 0.29) is 5.91 Å². The summed E-state index contributed by atoms with van der Waals surface area (Å²) < 4.78 is 0. The number of carbonyl (C=O) groups is 1. The van der Waals surface area contributed by atoms with Gasteiger partial charge in [0.15, 0.2) is 0 Å². The molecule has 0 spiro atoms. The molecule has 0 radical (unpaired) electrons. The zero-order valence-corrected chi connectivity index (χ0v) is 11.0. The smallest absolute Gasteiger partial charge is 0.255 e. The van der Waals surface area contributed by atoms with Crippen LogP contribution in [0.15, 0.2) is 54.9 Å². The van der Waals surface area contributed by atoms with Gasteiger partial charge in [0, 0.05) is 23.6 Å². The molecule has 0 aliphatic heterocycles. The summed E-state index contributed by atoms with van der Waals surface area (Å²) in [4.78, 5) is 20.6. The second kappa shape index (κ2) is 5.09. The van der Waals surface area contributed by atoms with Crippen LogP contribution in [0.2, 0.25) is 0 Å². The molecule has 0 fully saturated rings. The fourth-order valence-corrected chi connectivity index (χ4v) is 2.07. The predicted molar refractivity (Wildman–Crippen MR) is 78.7 cm³/mol. The molecule has 1 N–H and O–H groups in total. The van der Waals surface area contributed by atoms with E-state index in [0.717, 1.165) is 16.6 Å². The molecule has 3 aromatic rings. The number of hydrogen-bond donors (Lipinski definition) is 1. The second-order valence-corrected chi connectivity index (χ2v) is 4.53. The number of aryl methyl sites for hydroxylation is 1. The quantitative estimate of drug-likeness (QED) is 0.772. The maximum Gasteiger partial charge on any atom is 0.255 e. The maximum atomic E-state index is 12.2. The fourth-order valence-electron chi connectivity index (χ4n) is 2.07. The first-order chi connectivity index (χ1) is 9.74. The molecule has 20 heavy (non-hydrogen) atoms. The summed E-state index contributed by atoms with van der Waals surface area (Å²) in [7, 11) is 0. The van der Waals surface area contributed by atoms with E-state index < -0.39 is 0 Å². The predicted octanol–water partition coefficient (Wildman–Crippen LogP) is 3.19. The van der Waals surface area contributed by atoms with Crippen molar-refractivity contribution >= 4 is 22.6 Å². The number of aromatic nitrogens is 2. The molecule has 4 heteroatoms. The summed E-state index contributed by atoms with van der Waals surface area (Å²) in [5.74, 6) is -0.119. The molecule has 1 amide bonds. The zero-order chi connectivity index (χ0) is 13.9. The standard InChI is InChI=1S/C16H13N3O/c1-11-4-2-3-5-13(11)16(20)19-12-6-7-14-15(10-12)18-9-8-17-14/h2-10H,1H3,(H,19,20). The highest BCUT2D eigenvalue weighted by Crippen LogP contribution is 2.16. The van der Waals surface area contributed by atoms with Crippen molar-refractivity contribution in [1.82, 2.24) is 9.97 Å². The highest BCUT2D eigenvalue weighted by molar-refractivity contribution is 6.05. The zero-order valence-electron chi connectivity index (χ0n) is 11.0. The third kappa shape index (κ3) is 2.36. The van der Waals surface area contributed by atoms with Crippen molar-refractivity contribution in [1.29, 1.82) is 0 Å². The third-order valence-corrected chi connectivity index (χ3v) is 3.12. The van der Waals surface area contributed by atoms with E-state index in [9.17, 15) is 4.79 Å². The monoisotopic (exact) mass is 263 g/mol. The lowest BCUT2D eigenvalue weighted by Crippen LogP contribution is -2.13. The Labute approximate surface area is 116 Å². The SMILES string of the molecule is Cc1ccccc1C(=O)Nc1ccc2nccnc2c1. The summed E-state index contributed by atoms with van der Waals surface area (Å²) >= 11 is 0. The first kappa shape index (κ1) is 12.3. The minimum Gasteiger partial charge on any atom is -0.322 e. The van der Waals surface area contributed by atoms with Crippen molar-refractivity contribution in [2.75, 3.05) is 5.32 Å². The van der Waals surface area contributed by atoms with Gasteiger partial charge in [0.05, 0.1) is 11.0 Å². The molecule has 1 aromatic heterocycles. The largest absolute Gasteiger partial charge is 0.322 e. The highest BCUT2D eigenvalue weighted by Gasteiger charge is 2.08. The number of anilines is 1. The summed E-state index contributed by atoms with van der Waals surface area (Å²) in [6.07, 6.45) is 3.28. The fraction of sp³-hybridized carbons (Fsp3) is 0.0625. The Morgan fingerprint density at radius 3 is 2.55 bits per heavy atom. The normalized spacial score (nSPS) is 10.4. The summed E-state index contributed by atoms with van der Waals surface area (Å²) in [6.45, 7) is 1.92. The van der Waals surface area contributed by atoms with Crippen LogP contribution in [0.5, 0.6) is 0 Å². The molecule has 0 saturated heterocycles. The maximum absolute atomic E-state index is 12.2. The molecule has 0 saturated carbocycles. The van der Waals surface area contributed by atoms with Crippen molar-refractivity contribution in [3.05, 3.63) is 66.0 Å². The van der Waals surface area contributed by atoms with E-state index in [4.69, 9.17) is 0 Å². The second-order valence-electron chi connectivity index (χ2n) is 4.53. The molecule has 3 rings (SSSR count). The van der Waals surface area contributed by atoms with Crippen LogP contribution in [0.25, 0.3) is 11.0 Å². The third-order valence-electron chi connectivity index (χ3n) is 3.12. The Balaban J connectivity index is 1.89. The van der Waals surface area contributed by atoms with Crippen molar-refractivity contribution in [2.45, 2.75) is 6.92 Å². The Hall–Kier alpha value is -2.75. The van der Waals surface area contributed by atoms with E-state index in [0.29, 0.717) is 11.3 Å². The Morgan fingerprint density at radius 1 is 1.00 bits per heavy atom. The van der Waals surface area contributed by atoms with Crippen LogP contribution in [0.1, 0.15) is 15.9 Å². The molecule has 98 valence electrons. The number of fused-ring (bicyclic) bond motifs is 1. The van der Waals surface area contributed by atoms with E-state index in [2.05, 4.69) is 15.3 Å². The van der Waals surface area contributed by atoms with Crippen molar-refractivity contribution in [3.8, 4) is 0 Å². The van der Waals surface area contributed by atoms with E-state index in [1.165, 1.54) is 0 Å². The van der Waals surface area contributed by atoms with E-state index in [1.54, 1.807) is 12.4 Å². The van der Waals surface area contributed by atoms with Gasteiger partial charge in [-0.2, -0.15) is 0 Å². The summed E-state index contributed by atoms with van der Waals surface area (Å²) in [6, 6.07) is 13.0. The number of hydrogen-bond acceptors (Lipinski definition) is 3. The summed E-state index contributed by atoms with van der Waals surface area (Å²) in [5, 5.41) is 2.88. The van der Waals surface area contributed by atoms with Crippen LogP contribution in [0.4, 0.5) is 5.69 Å². The van der Waals surface area contributed by atoms with Gasteiger partial charge in [0.2, 0.25) is 0 Å². The van der Waals surface area contributed by atoms with Gasteiger partial charge in [-0.25, -0.2) is 0 Å². The van der Waals surface area contributed by atoms with Gasteiger partial charge in [-0.05, 0) is 36.8 Å². The lowest BCUT2D eigenvalue weighted by molar-refractivity contribution is 0.102. The molecule has 0 bridgehead atoms. The van der Waals surface area contributed by atoms with Gasteiger partial charge in [0.1, 0.15) is 0 Å². The average Bonchev–Trinajstić information content (AvgIpc) is 2.47. The van der Waals surface area contributed by atoms with Crippen molar-refractivity contribution in [2.24, 2.45) is 0 Å². The van der Waals surface area contributed by atoms with Crippen LogP contribution >= 0.6 is 0 Å². The van der Waals surface area contributed by atoms with Gasteiger partial charge >= 0.3 is 0 Å². The lowest BCUT2D eigenvalue weighted by atomic mass is 10.1. The number of benzene rings is 2. The van der Waals surface area contributed by atoms with Crippen LogP contribution in [0.3, 0.4) is 0 Å². The number of nitrogens with zero attached hydrogens (tertiary/aromatic N) is 2. The van der Waals surface area contributed by atoms with Crippen LogP contribution in [0, 0.1) is 6.92 Å². The minimum absolute atomic E-state index is 0.119. The number of carbonyl (C=O) groups excluding carboxylic acids is 1. The van der Waals surface area contributed by atoms with Crippen molar-refractivity contribution < 1.29 is 4.79 Å². The Bertz CT molecular complexity index is 783. The molecule has 1 heterocycles.